The third-order valence-corrected chi connectivity index (χ3v) is 2.87. The van der Waals surface area contributed by atoms with Crippen molar-refractivity contribution in [2.24, 2.45) is 7.05 Å². The van der Waals surface area contributed by atoms with Crippen molar-refractivity contribution in [2.75, 3.05) is 0 Å². The minimum atomic E-state index is 1.03. The number of hydrogen-bond donors (Lipinski definition) is 0. The Morgan fingerprint density at radius 3 is 2.71 bits per heavy atom. The molecule has 0 radical (unpaired) electrons. The van der Waals surface area contributed by atoms with Gasteiger partial charge in [0.1, 0.15) is 0 Å². The number of fused-ring (bicyclic) bond motifs is 1. The molecule has 84 valence electrons. The van der Waals surface area contributed by atoms with E-state index in [-0.39, 0.29) is 0 Å². The molecule has 0 aliphatic rings. The van der Waals surface area contributed by atoms with Crippen LogP contribution >= 0.6 is 0 Å². The molecule has 1 aromatic carbocycles. The van der Waals surface area contributed by atoms with Gasteiger partial charge < -0.3 is 0 Å². The lowest BCUT2D eigenvalue weighted by Crippen LogP contribution is -1.85. The number of aromatic nitrogens is 3. The van der Waals surface area contributed by atoms with E-state index in [0.717, 1.165) is 16.6 Å². The summed E-state index contributed by atoms with van der Waals surface area (Å²) in [6, 6.07) is 8.45. The van der Waals surface area contributed by atoms with Gasteiger partial charge in [0.2, 0.25) is 0 Å². The summed E-state index contributed by atoms with van der Waals surface area (Å²) in [5, 5.41) is 5.35. The third-order valence-electron chi connectivity index (χ3n) is 2.87. The fourth-order valence-corrected chi connectivity index (χ4v) is 1.98. The largest absolute Gasteiger partial charge is 0.275 e. The van der Waals surface area contributed by atoms with Crippen LogP contribution in [0.2, 0.25) is 0 Å². The highest BCUT2D eigenvalue weighted by Crippen LogP contribution is 2.22. The van der Waals surface area contributed by atoms with Crippen LogP contribution in [0.3, 0.4) is 0 Å². The van der Waals surface area contributed by atoms with Gasteiger partial charge in [0.25, 0.3) is 0 Å². The Hall–Kier alpha value is -2.16. The zero-order valence-corrected chi connectivity index (χ0v) is 9.88. The van der Waals surface area contributed by atoms with Gasteiger partial charge in [-0.15, -0.1) is 0 Å². The van der Waals surface area contributed by atoms with Crippen molar-refractivity contribution in [3.63, 3.8) is 0 Å². The van der Waals surface area contributed by atoms with E-state index in [4.69, 9.17) is 0 Å². The van der Waals surface area contributed by atoms with E-state index in [1.54, 1.807) is 4.68 Å². The lowest BCUT2D eigenvalue weighted by molar-refractivity contribution is 0.768. The van der Waals surface area contributed by atoms with Gasteiger partial charge in [-0.1, -0.05) is 11.6 Å². The predicted molar refractivity (Wildman–Crippen MR) is 68.7 cm³/mol. The zero-order valence-electron chi connectivity index (χ0n) is 9.88. The van der Waals surface area contributed by atoms with E-state index in [9.17, 15) is 0 Å². The molecule has 0 unspecified atom stereocenters. The molecule has 3 rings (SSSR count). The fraction of sp³-hybridized carbons (Fsp3) is 0.143. The molecule has 0 amide bonds. The van der Waals surface area contributed by atoms with Crippen LogP contribution in [0.4, 0.5) is 0 Å². The minimum Gasteiger partial charge on any atom is -0.275 e. The number of pyridine rings is 1. The van der Waals surface area contributed by atoms with Crippen LogP contribution in [-0.2, 0) is 7.05 Å². The number of hydrogen-bond acceptors (Lipinski definition) is 2. The maximum atomic E-state index is 4.47. The van der Waals surface area contributed by atoms with Crippen molar-refractivity contribution < 1.29 is 0 Å². The quantitative estimate of drug-likeness (QED) is 0.635. The summed E-state index contributed by atoms with van der Waals surface area (Å²) >= 11 is 0. The zero-order chi connectivity index (χ0) is 11.8. The lowest BCUT2D eigenvalue weighted by atomic mass is 10.1. The van der Waals surface area contributed by atoms with E-state index in [1.807, 2.05) is 25.6 Å². The Labute approximate surface area is 99.7 Å². The second-order valence-electron chi connectivity index (χ2n) is 4.32. The van der Waals surface area contributed by atoms with Gasteiger partial charge in [0, 0.05) is 36.0 Å². The number of rotatable bonds is 1. The molecule has 0 aliphatic heterocycles. The SMILES string of the molecule is Cc1ccc2ncc(-c3cnn(C)c3)cc2c1. The molecule has 0 aliphatic carbocycles. The van der Waals surface area contributed by atoms with Gasteiger partial charge in [-0.05, 0) is 25.1 Å². The summed E-state index contributed by atoms with van der Waals surface area (Å²) in [4.78, 5) is 4.47. The van der Waals surface area contributed by atoms with Gasteiger partial charge in [-0.25, -0.2) is 0 Å². The van der Waals surface area contributed by atoms with Crippen LogP contribution < -0.4 is 0 Å². The van der Waals surface area contributed by atoms with Crippen LogP contribution in [0.15, 0.2) is 42.9 Å². The van der Waals surface area contributed by atoms with Crippen LogP contribution in [0, 0.1) is 6.92 Å². The van der Waals surface area contributed by atoms with Crippen LogP contribution in [0.1, 0.15) is 5.56 Å². The molecule has 0 fully saturated rings. The Morgan fingerprint density at radius 1 is 1.06 bits per heavy atom. The summed E-state index contributed by atoms with van der Waals surface area (Å²) in [6.07, 6.45) is 5.76. The maximum Gasteiger partial charge on any atom is 0.0702 e. The molecule has 2 aromatic heterocycles. The first-order chi connectivity index (χ1) is 8.22. The topological polar surface area (TPSA) is 30.7 Å². The second kappa shape index (κ2) is 3.70. The monoisotopic (exact) mass is 223 g/mol. The average molecular weight is 223 g/mol. The fourth-order valence-electron chi connectivity index (χ4n) is 1.98. The van der Waals surface area contributed by atoms with Crippen LogP contribution in [-0.4, -0.2) is 14.8 Å². The van der Waals surface area contributed by atoms with Gasteiger partial charge >= 0.3 is 0 Å². The molecular weight excluding hydrogens is 210 g/mol. The van der Waals surface area contributed by atoms with Gasteiger partial charge in [0.05, 0.1) is 11.7 Å². The van der Waals surface area contributed by atoms with E-state index in [1.165, 1.54) is 10.9 Å². The first-order valence-corrected chi connectivity index (χ1v) is 5.58. The molecule has 17 heavy (non-hydrogen) atoms. The Bertz CT molecular complexity index is 683. The molecule has 3 aromatic rings. The highest BCUT2D eigenvalue weighted by molar-refractivity contribution is 5.83. The summed E-state index contributed by atoms with van der Waals surface area (Å²) in [7, 11) is 1.92. The van der Waals surface area contributed by atoms with Crippen molar-refractivity contribution in [1.82, 2.24) is 14.8 Å². The van der Waals surface area contributed by atoms with Crippen molar-refractivity contribution in [3.05, 3.63) is 48.4 Å². The van der Waals surface area contributed by atoms with E-state index >= 15 is 0 Å². The number of nitrogens with zero attached hydrogens (tertiary/aromatic N) is 3. The molecule has 0 N–H and O–H groups in total. The number of aryl methyl sites for hydroxylation is 2. The van der Waals surface area contributed by atoms with Gasteiger partial charge in [0.15, 0.2) is 0 Å². The molecule has 3 nitrogen and oxygen atoms in total. The molecular formula is C14H13N3. The first-order valence-electron chi connectivity index (χ1n) is 5.58. The molecule has 0 bridgehead atoms. The highest BCUT2D eigenvalue weighted by Gasteiger charge is 2.02. The first kappa shape index (κ1) is 10.0. The minimum absolute atomic E-state index is 1.03. The van der Waals surface area contributed by atoms with Crippen molar-refractivity contribution in [2.45, 2.75) is 6.92 Å². The summed E-state index contributed by atoms with van der Waals surface area (Å²) in [5.74, 6) is 0. The molecule has 2 heterocycles. The summed E-state index contributed by atoms with van der Waals surface area (Å²) in [5.41, 5.74) is 4.49. The third kappa shape index (κ3) is 1.80. The molecule has 0 saturated carbocycles. The Kier molecular flexibility index (Phi) is 2.18. The highest BCUT2D eigenvalue weighted by atomic mass is 15.2. The maximum absolute atomic E-state index is 4.47. The normalized spacial score (nSPS) is 10.9. The standard InChI is InChI=1S/C14H13N3/c1-10-3-4-14-11(5-10)6-12(7-15-14)13-8-16-17(2)9-13/h3-9H,1-2H3. The van der Waals surface area contributed by atoms with Gasteiger partial charge in [-0.3, -0.25) is 9.67 Å². The number of benzene rings is 1. The van der Waals surface area contributed by atoms with Crippen LogP contribution in [0.25, 0.3) is 22.0 Å². The lowest BCUT2D eigenvalue weighted by Gasteiger charge is -2.01. The predicted octanol–water partition coefficient (Wildman–Crippen LogP) is 2.94. The van der Waals surface area contributed by atoms with Crippen molar-refractivity contribution >= 4 is 10.9 Å². The second-order valence-corrected chi connectivity index (χ2v) is 4.32. The Balaban J connectivity index is 2.18. The van der Waals surface area contributed by atoms with Crippen molar-refractivity contribution in [1.29, 1.82) is 0 Å². The van der Waals surface area contributed by atoms with Crippen molar-refractivity contribution in [3.8, 4) is 11.1 Å². The molecule has 3 heteroatoms. The molecule has 0 atom stereocenters. The molecule has 0 spiro atoms. The van der Waals surface area contributed by atoms with Gasteiger partial charge in [-0.2, -0.15) is 5.10 Å². The molecule has 0 saturated heterocycles. The summed E-state index contributed by atoms with van der Waals surface area (Å²) in [6.45, 7) is 2.09. The van der Waals surface area contributed by atoms with Crippen LogP contribution in [0.5, 0.6) is 0 Å². The van der Waals surface area contributed by atoms with E-state index < -0.39 is 0 Å². The Morgan fingerprint density at radius 2 is 1.94 bits per heavy atom. The summed E-state index contributed by atoms with van der Waals surface area (Å²) < 4.78 is 1.80. The smallest absolute Gasteiger partial charge is 0.0702 e. The van der Waals surface area contributed by atoms with E-state index in [2.05, 4.69) is 41.3 Å². The van der Waals surface area contributed by atoms with E-state index in [0.29, 0.717) is 0 Å². The average Bonchev–Trinajstić information content (AvgIpc) is 2.75.